The number of benzene rings is 2. The van der Waals surface area contributed by atoms with E-state index in [0.717, 1.165) is 46.1 Å². The second-order valence-electron chi connectivity index (χ2n) is 9.33. The van der Waals surface area contributed by atoms with Gasteiger partial charge in [-0.15, -0.1) is 11.3 Å². The summed E-state index contributed by atoms with van der Waals surface area (Å²) in [6, 6.07) is 15.6. The first-order valence-electron chi connectivity index (χ1n) is 12.3. The molecule has 1 unspecified atom stereocenters. The Bertz CT molecular complexity index is 1400. The number of aromatic nitrogens is 1. The molecule has 3 atom stereocenters. The van der Waals surface area contributed by atoms with Crippen LogP contribution in [0.15, 0.2) is 67.1 Å². The van der Waals surface area contributed by atoms with Crippen LogP contribution in [-0.4, -0.2) is 57.9 Å². The first kappa shape index (κ1) is 27.6. The number of ether oxygens (including phenoxy) is 1. The van der Waals surface area contributed by atoms with E-state index >= 15 is 0 Å². The van der Waals surface area contributed by atoms with Crippen molar-refractivity contribution >= 4 is 38.3 Å². The highest BCUT2D eigenvalue weighted by Gasteiger charge is 2.29. The van der Waals surface area contributed by atoms with Crippen LogP contribution in [0.2, 0.25) is 0 Å². The summed E-state index contributed by atoms with van der Waals surface area (Å²) < 4.78 is 31.7. The van der Waals surface area contributed by atoms with Crippen LogP contribution in [0.3, 0.4) is 0 Å². The van der Waals surface area contributed by atoms with Gasteiger partial charge in [-0.1, -0.05) is 12.1 Å². The van der Waals surface area contributed by atoms with Gasteiger partial charge in [0.2, 0.25) is 5.76 Å². The molecular formula is C28H30F2N2O5S. The second-order valence-corrected chi connectivity index (χ2v) is 10.4. The molecule has 0 amide bonds. The lowest BCUT2D eigenvalue weighted by molar-refractivity contribution is -0.149. The normalized spacial score (nSPS) is 18.5. The van der Waals surface area contributed by atoms with Crippen molar-refractivity contribution in [3.63, 3.8) is 0 Å². The minimum Gasteiger partial charge on any atom is -0.490 e. The van der Waals surface area contributed by atoms with E-state index in [1.807, 2.05) is 42.6 Å². The number of nitrogens with one attached hydrogen (secondary N) is 1. The van der Waals surface area contributed by atoms with E-state index in [1.165, 1.54) is 10.9 Å². The molecule has 202 valence electrons. The van der Waals surface area contributed by atoms with E-state index in [4.69, 9.17) is 9.84 Å². The van der Waals surface area contributed by atoms with Crippen LogP contribution < -0.4 is 4.74 Å². The molecule has 1 aliphatic heterocycles. The maximum atomic E-state index is 14.1. The average molecular weight is 545 g/mol. The number of aliphatic carboxylic acids is 1. The molecule has 3 heterocycles. The van der Waals surface area contributed by atoms with Gasteiger partial charge in [0.25, 0.3) is 0 Å². The third-order valence-corrected chi connectivity index (χ3v) is 7.97. The van der Waals surface area contributed by atoms with E-state index in [0.29, 0.717) is 18.5 Å². The minimum absolute atomic E-state index is 0.135. The van der Waals surface area contributed by atoms with Gasteiger partial charge in [-0.2, -0.15) is 0 Å². The number of aromatic amines is 1. The van der Waals surface area contributed by atoms with Crippen molar-refractivity contribution in [3.05, 3.63) is 77.8 Å². The largest absolute Gasteiger partial charge is 0.490 e. The van der Waals surface area contributed by atoms with Crippen LogP contribution in [0.1, 0.15) is 30.6 Å². The van der Waals surface area contributed by atoms with Crippen molar-refractivity contribution in [1.29, 1.82) is 0 Å². The van der Waals surface area contributed by atoms with Crippen molar-refractivity contribution in [2.75, 3.05) is 19.7 Å². The topological polar surface area (TPSA) is 95.0 Å². The molecule has 7 nitrogen and oxygen atoms in total. The molecule has 2 aromatic heterocycles. The number of β-amino-alcohol motifs (C(OH)–C–C–N with tert-alkyl or cyclic N) is 1. The summed E-state index contributed by atoms with van der Waals surface area (Å²) in [6.45, 7) is 6.68. The molecule has 1 saturated heterocycles. The highest BCUT2D eigenvalue weighted by molar-refractivity contribution is 7.19. The minimum atomic E-state index is -1.50. The fourth-order valence-electron chi connectivity index (χ4n) is 4.72. The molecule has 4 aromatic rings. The monoisotopic (exact) mass is 544 g/mol. The molecule has 5 rings (SSSR count). The lowest BCUT2D eigenvalue weighted by atomic mass is 9.90. The Hall–Kier alpha value is -3.47. The molecule has 2 aromatic carbocycles. The Morgan fingerprint density at radius 1 is 1.26 bits per heavy atom. The number of carboxylic acids is 1. The second kappa shape index (κ2) is 12.4. The zero-order valence-corrected chi connectivity index (χ0v) is 21.7. The highest BCUT2D eigenvalue weighted by Crippen LogP contribution is 2.38. The number of carbonyl (C=O) groups is 1. The standard InChI is InChI=1S/C25H27FN2O2S.C3H3FO3/c1-16-12-17(25-13-20-21(26)4-2-7-24(20)31-25)9-11-28(16)14-18(29)15-30-23-6-3-5-22-19(23)8-10-27-22;1-2(7-4)3(5)6/h2-8,10,13,16-18,27,29H,9,11-12,14-15H2,1H3;1H2,(H,5,6)/t16-,17-,18?;/m0./s1. The average Bonchev–Trinajstić information content (AvgIpc) is 3.57. The predicted molar refractivity (Wildman–Crippen MR) is 144 cm³/mol. The molecule has 0 spiro atoms. The Morgan fingerprint density at radius 2 is 2.05 bits per heavy atom. The van der Waals surface area contributed by atoms with Crippen LogP contribution in [0.5, 0.6) is 5.75 Å². The van der Waals surface area contributed by atoms with Gasteiger partial charge >= 0.3 is 5.97 Å². The Morgan fingerprint density at radius 3 is 2.74 bits per heavy atom. The zero-order valence-electron chi connectivity index (χ0n) is 20.9. The third-order valence-electron chi connectivity index (χ3n) is 6.71. The van der Waals surface area contributed by atoms with E-state index < -0.39 is 17.8 Å². The van der Waals surface area contributed by atoms with Gasteiger partial charge < -0.3 is 19.9 Å². The van der Waals surface area contributed by atoms with E-state index in [2.05, 4.69) is 28.3 Å². The number of rotatable bonds is 8. The van der Waals surface area contributed by atoms with Crippen LogP contribution >= 0.6 is 11.3 Å². The summed E-state index contributed by atoms with van der Waals surface area (Å²) in [7, 11) is 0. The van der Waals surface area contributed by atoms with Gasteiger partial charge in [-0.25, -0.2) is 9.18 Å². The number of piperidine rings is 1. The van der Waals surface area contributed by atoms with Gasteiger partial charge in [0.15, 0.2) is 0 Å². The van der Waals surface area contributed by atoms with Crippen LogP contribution in [0, 0.1) is 5.82 Å². The van der Waals surface area contributed by atoms with E-state index in [9.17, 15) is 18.8 Å². The Balaban J connectivity index is 0.000000426. The number of carboxylic acid groups (broad SMARTS) is 1. The van der Waals surface area contributed by atoms with Gasteiger partial charge in [-0.3, -0.25) is 9.84 Å². The summed E-state index contributed by atoms with van der Waals surface area (Å²) in [4.78, 5) is 19.0. The van der Waals surface area contributed by atoms with Crippen LogP contribution in [0.4, 0.5) is 8.92 Å². The molecule has 0 aliphatic carbocycles. The maximum Gasteiger partial charge on any atom is 0.375 e. The molecule has 3 N–H and O–H groups in total. The number of halogens is 2. The van der Waals surface area contributed by atoms with Gasteiger partial charge in [0.1, 0.15) is 24.3 Å². The molecule has 38 heavy (non-hydrogen) atoms. The summed E-state index contributed by atoms with van der Waals surface area (Å²) in [5, 5.41) is 20.1. The highest BCUT2D eigenvalue weighted by atomic mass is 32.1. The smallest absolute Gasteiger partial charge is 0.375 e. The lowest BCUT2D eigenvalue weighted by Gasteiger charge is -2.38. The summed E-state index contributed by atoms with van der Waals surface area (Å²) in [6.07, 6.45) is 3.39. The molecule has 0 radical (unpaired) electrons. The molecule has 0 bridgehead atoms. The number of aliphatic hydroxyl groups excluding tert-OH is 1. The predicted octanol–water partition coefficient (Wildman–Crippen LogP) is 6.02. The first-order chi connectivity index (χ1) is 18.3. The molecule has 1 aliphatic rings. The summed E-state index contributed by atoms with van der Waals surface area (Å²) >= 11 is 1.71. The van der Waals surface area contributed by atoms with Gasteiger partial charge in [0.05, 0.1) is 0 Å². The SMILES string of the molecule is C=C(OF)C(=O)O.C[C@H]1C[C@@H](c2cc3c(F)cccc3s2)CCN1CC(O)COc1cccc2[nH]ccc12. The Kier molecular flexibility index (Phi) is 8.98. The van der Waals surface area contributed by atoms with Crippen molar-refractivity contribution < 1.29 is 33.6 Å². The van der Waals surface area contributed by atoms with E-state index in [1.54, 1.807) is 17.4 Å². The number of hydrogen-bond donors (Lipinski definition) is 3. The number of thiophene rings is 1. The van der Waals surface area contributed by atoms with E-state index in [-0.39, 0.29) is 12.4 Å². The van der Waals surface area contributed by atoms with Crippen LogP contribution in [0.25, 0.3) is 21.0 Å². The third kappa shape index (κ3) is 6.50. The fraction of sp³-hybridized carbons (Fsp3) is 0.321. The van der Waals surface area contributed by atoms with Crippen molar-refractivity contribution in [2.45, 2.75) is 37.8 Å². The Labute approximate surface area is 222 Å². The number of H-pyrrole nitrogens is 1. The molecular weight excluding hydrogens is 514 g/mol. The zero-order chi connectivity index (χ0) is 27.2. The molecule has 0 saturated carbocycles. The van der Waals surface area contributed by atoms with Gasteiger partial charge in [0, 0.05) is 49.2 Å². The number of fused-ring (bicyclic) bond motifs is 2. The number of aliphatic hydroxyl groups is 1. The first-order valence-corrected chi connectivity index (χ1v) is 13.1. The lowest BCUT2D eigenvalue weighted by Crippen LogP contribution is -2.45. The summed E-state index contributed by atoms with van der Waals surface area (Å²) in [5.74, 6) is -1.30. The van der Waals surface area contributed by atoms with Crippen molar-refractivity contribution in [2.24, 2.45) is 0 Å². The van der Waals surface area contributed by atoms with Crippen LogP contribution in [-0.2, 0) is 9.74 Å². The number of nitrogens with zero attached hydrogens (tertiary/aromatic N) is 1. The number of likely N-dealkylation sites (tertiary alicyclic amines) is 1. The number of hydrogen-bond acceptors (Lipinski definition) is 6. The van der Waals surface area contributed by atoms with Crippen molar-refractivity contribution in [3.8, 4) is 5.75 Å². The maximum absolute atomic E-state index is 14.1. The fourth-order valence-corrected chi connectivity index (χ4v) is 5.95. The van der Waals surface area contributed by atoms with Crippen molar-refractivity contribution in [1.82, 2.24) is 9.88 Å². The quantitative estimate of drug-likeness (QED) is 0.186. The molecule has 10 heteroatoms. The molecule has 1 fully saturated rings. The van der Waals surface area contributed by atoms with Gasteiger partial charge in [-0.05, 0) is 75.2 Å². The summed E-state index contributed by atoms with van der Waals surface area (Å²) in [5.41, 5.74) is 1.03.